The summed E-state index contributed by atoms with van der Waals surface area (Å²) >= 11 is 0. The van der Waals surface area contributed by atoms with Crippen molar-refractivity contribution >= 4 is 0 Å². The van der Waals surface area contributed by atoms with Crippen molar-refractivity contribution in [1.82, 2.24) is 15.1 Å². The summed E-state index contributed by atoms with van der Waals surface area (Å²) in [6.45, 7) is 6.58. The molecular weight excluding hydrogens is 258 g/mol. The fourth-order valence-electron chi connectivity index (χ4n) is 5.41. The van der Waals surface area contributed by atoms with Gasteiger partial charge >= 0.3 is 0 Å². The van der Waals surface area contributed by atoms with E-state index >= 15 is 0 Å². The van der Waals surface area contributed by atoms with Gasteiger partial charge < -0.3 is 15.1 Å². The van der Waals surface area contributed by atoms with Gasteiger partial charge in [-0.1, -0.05) is 19.3 Å². The molecule has 0 aromatic rings. The predicted molar refractivity (Wildman–Crippen MR) is 89.6 cm³/mol. The van der Waals surface area contributed by atoms with Gasteiger partial charge in [-0.15, -0.1) is 0 Å². The molecule has 1 aliphatic carbocycles. The molecule has 1 N–H and O–H groups in total. The highest BCUT2D eigenvalue weighted by atomic mass is 15.2. The van der Waals surface area contributed by atoms with Gasteiger partial charge in [-0.05, 0) is 70.6 Å². The first-order valence-electron chi connectivity index (χ1n) is 9.30. The summed E-state index contributed by atoms with van der Waals surface area (Å²) in [5.41, 5.74) is 0.570. The Morgan fingerprint density at radius 1 is 1.05 bits per heavy atom. The van der Waals surface area contributed by atoms with Crippen LogP contribution in [0.3, 0.4) is 0 Å². The zero-order chi connectivity index (χ0) is 14.7. The molecule has 2 aliphatic heterocycles. The van der Waals surface area contributed by atoms with Gasteiger partial charge in [0.25, 0.3) is 0 Å². The quantitative estimate of drug-likeness (QED) is 0.859. The molecule has 2 heterocycles. The first kappa shape index (κ1) is 15.8. The van der Waals surface area contributed by atoms with Crippen molar-refractivity contribution in [2.75, 3.05) is 46.8 Å². The van der Waals surface area contributed by atoms with E-state index in [0.29, 0.717) is 5.41 Å². The van der Waals surface area contributed by atoms with E-state index in [1.807, 2.05) is 0 Å². The second-order valence-corrected chi connectivity index (χ2v) is 8.07. The van der Waals surface area contributed by atoms with Crippen molar-refractivity contribution < 1.29 is 0 Å². The third kappa shape index (κ3) is 3.62. The number of fused-ring (bicyclic) bond motifs is 1. The van der Waals surface area contributed by atoms with Gasteiger partial charge in [-0.25, -0.2) is 0 Å². The van der Waals surface area contributed by atoms with Gasteiger partial charge in [-0.2, -0.15) is 0 Å². The second-order valence-electron chi connectivity index (χ2n) is 8.07. The topological polar surface area (TPSA) is 18.5 Å². The number of nitrogens with zero attached hydrogens (tertiary/aromatic N) is 2. The van der Waals surface area contributed by atoms with E-state index < -0.39 is 0 Å². The SMILES string of the molecule is CNCC1(CN2CCC3C(CCCN3C)C2)CCCCC1. The van der Waals surface area contributed by atoms with Crippen molar-refractivity contribution in [3.8, 4) is 0 Å². The van der Waals surface area contributed by atoms with Crippen molar-refractivity contribution in [3.63, 3.8) is 0 Å². The standard InChI is InChI=1S/C18H35N3/c1-19-14-18(9-4-3-5-10-18)15-21-12-8-17-16(13-21)7-6-11-20(17)2/h16-17,19H,3-15H2,1-2H3. The molecule has 0 bridgehead atoms. The molecule has 3 rings (SSSR count). The number of rotatable bonds is 4. The van der Waals surface area contributed by atoms with Crippen LogP contribution in [0.25, 0.3) is 0 Å². The lowest BCUT2D eigenvalue weighted by Crippen LogP contribution is -2.55. The molecule has 2 atom stereocenters. The minimum atomic E-state index is 0.570. The summed E-state index contributed by atoms with van der Waals surface area (Å²) in [7, 11) is 4.48. The Hall–Kier alpha value is -0.120. The maximum absolute atomic E-state index is 3.50. The minimum absolute atomic E-state index is 0.570. The second kappa shape index (κ2) is 6.97. The molecule has 3 aliphatic rings. The van der Waals surface area contributed by atoms with Crippen molar-refractivity contribution in [1.29, 1.82) is 0 Å². The first-order valence-corrected chi connectivity index (χ1v) is 9.30. The average Bonchev–Trinajstić information content (AvgIpc) is 2.48. The molecule has 21 heavy (non-hydrogen) atoms. The van der Waals surface area contributed by atoms with Crippen LogP contribution in [0.1, 0.15) is 51.4 Å². The minimum Gasteiger partial charge on any atom is -0.319 e. The van der Waals surface area contributed by atoms with E-state index in [2.05, 4.69) is 29.2 Å². The summed E-state index contributed by atoms with van der Waals surface area (Å²) in [4.78, 5) is 5.46. The van der Waals surface area contributed by atoms with Crippen LogP contribution >= 0.6 is 0 Å². The molecule has 0 aromatic carbocycles. The molecular formula is C18H35N3. The van der Waals surface area contributed by atoms with Crippen molar-refractivity contribution in [3.05, 3.63) is 0 Å². The van der Waals surface area contributed by atoms with Crippen molar-refractivity contribution in [2.45, 2.75) is 57.4 Å². The molecule has 3 heteroatoms. The summed E-state index contributed by atoms with van der Waals surface area (Å²) in [6.07, 6.45) is 11.5. The summed E-state index contributed by atoms with van der Waals surface area (Å²) in [5, 5.41) is 3.50. The van der Waals surface area contributed by atoms with Crippen LogP contribution in [0, 0.1) is 11.3 Å². The fraction of sp³-hybridized carbons (Fsp3) is 1.00. The van der Waals surface area contributed by atoms with E-state index in [1.165, 1.54) is 84.1 Å². The molecule has 0 amide bonds. The first-order chi connectivity index (χ1) is 10.2. The highest BCUT2D eigenvalue weighted by Gasteiger charge is 2.38. The lowest BCUT2D eigenvalue weighted by molar-refractivity contribution is 0.0112. The van der Waals surface area contributed by atoms with Gasteiger partial charge in [0.1, 0.15) is 0 Å². The number of nitrogens with one attached hydrogen (secondary N) is 1. The zero-order valence-electron chi connectivity index (χ0n) is 14.2. The Balaban J connectivity index is 1.59. The molecule has 0 spiro atoms. The molecule has 0 aromatic heterocycles. The third-order valence-corrected chi connectivity index (χ3v) is 6.45. The zero-order valence-corrected chi connectivity index (χ0v) is 14.2. The van der Waals surface area contributed by atoms with E-state index in [-0.39, 0.29) is 0 Å². The molecule has 2 saturated heterocycles. The van der Waals surface area contributed by atoms with Crippen LogP contribution < -0.4 is 5.32 Å². The maximum atomic E-state index is 3.50. The number of hydrogen-bond donors (Lipinski definition) is 1. The number of hydrogen-bond acceptors (Lipinski definition) is 3. The van der Waals surface area contributed by atoms with Crippen LogP contribution in [-0.2, 0) is 0 Å². The molecule has 1 saturated carbocycles. The van der Waals surface area contributed by atoms with E-state index in [4.69, 9.17) is 0 Å². The molecule has 3 nitrogen and oxygen atoms in total. The predicted octanol–water partition coefficient (Wildman–Crippen LogP) is 2.57. The van der Waals surface area contributed by atoms with Crippen LogP contribution in [0.5, 0.6) is 0 Å². The van der Waals surface area contributed by atoms with Crippen LogP contribution in [0.15, 0.2) is 0 Å². The number of likely N-dealkylation sites (tertiary alicyclic amines) is 2. The van der Waals surface area contributed by atoms with E-state index in [9.17, 15) is 0 Å². The van der Waals surface area contributed by atoms with Crippen LogP contribution in [0.4, 0.5) is 0 Å². The smallest absolute Gasteiger partial charge is 0.0145 e. The Labute approximate surface area is 131 Å². The Morgan fingerprint density at radius 2 is 1.86 bits per heavy atom. The largest absolute Gasteiger partial charge is 0.319 e. The van der Waals surface area contributed by atoms with Gasteiger partial charge in [0.05, 0.1) is 0 Å². The molecule has 0 radical (unpaired) electrons. The summed E-state index contributed by atoms with van der Waals surface area (Å²) < 4.78 is 0. The molecule has 3 fully saturated rings. The highest BCUT2D eigenvalue weighted by Crippen LogP contribution is 2.38. The fourth-order valence-corrected chi connectivity index (χ4v) is 5.41. The highest BCUT2D eigenvalue weighted by molar-refractivity contribution is 4.93. The van der Waals surface area contributed by atoms with Gasteiger partial charge in [-0.3, -0.25) is 0 Å². The summed E-state index contributed by atoms with van der Waals surface area (Å²) in [6, 6.07) is 0.876. The molecule has 122 valence electrons. The lowest BCUT2D eigenvalue weighted by Gasteiger charge is -2.49. The number of piperidine rings is 2. The average molecular weight is 293 g/mol. The third-order valence-electron chi connectivity index (χ3n) is 6.45. The summed E-state index contributed by atoms with van der Waals surface area (Å²) in [5.74, 6) is 0.938. The van der Waals surface area contributed by atoms with Gasteiger partial charge in [0.2, 0.25) is 0 Å². The van der Waals surface area contributed by atoms with Crippen LogP contribution in [0.2, 0.25) is 0 Å². The van der Waals surface area contributed by atoms with Crippen LogP contribution in [-0.4, -0.2) is 62.7 Å². The van der Waals surface area contributed by atoms with E-state index in [0.717, 1.165) is 12.0 Å². The Morgan fingerprint density at radius 3 is 2.62 bits per heavy atom. The lowest BCUT2D eigenvalue weighted by atomic mass is 9.73. The van der Waals surface area contributed by atoms with Gasteiger partial charge in [0.15, 0.2) is 0 Å². The normalized spacial score (nSPS) is 34.6. The van der Waals surface area contributed by atoms with Gasteiger partial charge in [0, 0.05) is 25.7 Å². The Kier molecular flexibility index (Phi) is 5.23. The van der Waals surface area contributed by atoms with E-state index in [1.54, 1.807) is 0 Å². The van der Waals surface area contributed by atoms with Crippen molar-refractivity contribution in [2.24, 2.45) is 11.3 Å². The Bertz CT molecular complexity index is 319. The monoisotopic (exact) mass is 293 g/mol. The maximum Gasteiger partial charge on any atom is 0.0145 e. The molecule has 2 unspecified atom stereocenters.